The highest BCUT2D eigenvalue weighted by molar-refractivity contribution is 5.74. The van der Waals surface area contributed by atoms with Crippen molar-refractivity contribution in [3.8, 4) is 0 Å². The van der Waals surface area contributed by atoms with Gasteiger partial charge in [-0.05, 0) is 25.8 Å². The van der Waals surface area contributed by atoms with E-state index >= 15 is 0 Å². The molecule has 0 amide bonds. The van der Waals surface area contributed by atoms with Crippen LogP contribution in [0, 0.1) is 0 Å². The maximum atomic E-state index is 10.7. The summed E-state index contributed by atoms with van der Waals surface area (Å²) in [5.41, 5.74) is 1.91. The smallest absolute Gasteiger partial charge is 0.163 e. The van der Waals surface area contributed by atoms with Crippen LogP contribution in [0.15, 0.2) is 24.3 Å². The average Bonchev–Trinajstić information content (AvgIpc) is 2.82. The van der Waals surface area contributed by atoms with Crippen LogP contribution in [0.1, 0.15) is 75.2 Å². The number of hydrogen-bond acceptors (Lipinski definition) is 3. The third kappa shape index (κ3) is 5.74. The van der Waals surface area contributed by atoms with Crippen LogP contribution >= 0.6 is 0 Å². The second-order valence-electron chi connectivity index (χ2n) is 6.98. The van der Waals surface area contributed by atoms with Gasteiger partial charge in [-0.1, -0.05) is 63.3 Å². The summed E-state index contributed by atoms with van der Waals surface area (Å²) in [7, 11) is 0. The van der Waals surface area contributed by atoms with Crippen LogP contribution in [0.5, 0.6) is 0 Å². The molecule has 128 valence electrons. The van der Waals surface area contributed by atoms with Gasteiger partial charge < -0.3 is 9.47 Å². The molecule has 2 rings (SSSR count). The Labute approximate surface area is 140 Å². The lowest BCUT2D eigenvalue weighted by Gasteiger charge is -2.17. The molecule has 0 spiro atoms. The Morgan fingerprint density at radius 2 is 1.65 bits per heavy atom. The highest BCUT2D eigenvalue weighted by Crippen LogP contribution is 2.32. The van der Waals surface area contributed by atoms with Crippen LogP contribution < -0.4 is 0 Å². The van der Waals surface area contributed by atoms with Crippen molar-refractivity contribution in [1.82, 2.24) is 0 Å². The van der Waals surface area contributed by atoms with E-state index in [1.807, 2.05) is 38.1 Å². The predicted molar refractivity (Wildman–Crippen MR) is 92.7 cm³/mol. The molecule has 0 saturated carbocycles. The Hall–Kier alpha value is -1.19. The summed E-state index contributed by atoms with van der Waals surface area (Å²) < 4.78 is 12.2. The molecule has 3 heteroatoms. The zero-order valence-electron chi connectivity index (χ0n) is 14.7. The summed E-state index contributed by atoms with van der Waals surface area (Å²) in [5, 5.41) is 0. The number of aldehydes is 1. The summed E-state index contributed by atoms with van der Waals surface area (Å²) in [6.45, 7) is 6.22. The quantitative estimate of drug-likeness (QED) is 0.479. The normalized spacial score (nSPS) is 23.1. The number of carbonyl (C=O) groups excluding carboxylic acids is 1. The third-order valence-electron chi connectivity index (χ3n) is 4.43. The van der Waals surface area contributed by atoms with Gasteiger partial charge in [0.2, 0.25) is 0 Å². The Balaban J connectivity index is 1.89. The Morgan fingerprint density at radius 1 is 1.00 bits per heavy atom. The second-order valence-corrected chi connectivity index (χ2v) is 6.98. The first kappa shape index (κ1) is 18.2. The fraction of sp³-hybridized carbons (Fsp3) is 0.650. The maximum absolute atomic E-state index is 10.7. The molecule has 1 saturated heterocycles. The number of rotatable bonds is 9. The Bertz CT molecular complexity index is 478. The number of benzene rings is 1. The van der Waals surface area contributed by atoms with Gasteiger partial charge in [-0.15, -0.1) is 0 Å². The lowest BCUT2D eigenvalue weighted by molar-refractivity contribution is -0.146. The molecule has 23 heavy (non-hydrogen) atoms. The van der Waals surface area contributed by atoms with Crippen LogP contribution in [-0.2, 0) is 15.9 Å². The van der Waals surface area contributed by atoms with Crippen molar-refractivity contribution in [3.63, 3.8) is 0 Å². The number of unbranched alkanes of at least 4 members (excludes halogenated alkanes) is 4. The van der Waals surface area contributed by atoms with E-state index in [0.717, 1.165) is 19.1 Å². The van der Waals surface area contributed by atoms with Crippen molar-refractivity contribution >= 4 is 6.29 Å². The van der Waals surface area contributed by atoms with Crippen molar-refractivity contribution < 1.29 is 14.3 Å². The van der Waals surface area contributed by atoms with Crippen molar-refractivity contribution in [2.75, 3.05) is 0 Å². The van der Waals surface area contributed by atoms with Gasteiger partial charge in [-0.2, -0.15) is 0 Å². The molecule has 1 aliphatic rings. The molecule has 0 radical (unpaired) electrons. The fourth-order valence-electron chi connectivity index (χ4n) is 3.24. The van der Waals surface area contributed by atoms with E-state index in [0.29, 0.717) is 5.56 Å². The minimum absolute atomic E-state index is 0.0956. The molecular formula is C20H30O3. The van der Waals surface area contributed by atoms with Crippen molar-refractivity contribution in [2.45, 2.75) is 83.7 Å². The predicted octanol–water partition coefficient (Wildman–Crippen LogP) is 4.92. The zero-order valence-corrected chi connectivity index (χ0v) is 14.7. The first-order valence-corrected chi connectivity index (χ1v) is 8.94. The summed E-state index contributed by atoms with van der Waals surface area (Å²) in [6, 6.07) is 7.75. The largest absolute Gasteiger partial charge is 0.345 e. The van der Waals surface area contributed by atoms with E-state index in [2.05, 4.69) is 6.92 Å². The minimum Gasteiger partial charge on any atom is -0.345 e. The molecule has 1 aromatic carbocycles. The standard InChI is InChI=1S/C20H30O3/c1-4-5-6-7-8-9-18-19(23-20(2,3)22-18)14-16-10-12-17(15-21)13-11-16/h10-13,15,18-19H,4-9,14H2,1-3H3/t18?,19-/m1/s1. The Kier molecular flexibility index (Phi) is 6.79. The van der Waals surface area contributed by atoms with Crippen LogP contribution in [0.4, 0.5) is 0 Å². The maximum Gasteiger partial charge on any atom is 0.163 e. The van der Waals surface area contributed by atoms with Crippen LogP contribution in [0.2, 0.25) is 0 Å². The molecular weight excluding hydrogens is 288 g/mol. The monoisotopic (exact) mass is 318 g/mol. The van der Waals surface area contributed by atoms with Crippen molar-refractivity contribution in [1.29, 1.82) is 0 Å². The van der Waals surface area contributed by atoms with Crippen LogP contribution in [0.25, 0.3) is 0 Å². The average molecular weight is 318 g/mol. The summed E-state index contributed by atoms with van der Waals surface area (Å²) in [4.78, 5) is 10.7. The van der Waals surface area contributed by atoms with Gasteiger partial charge in [0.1, 0.15) is 6.29 Å². The van der Waals surface area contributed by atoms with E-state index in [1.165, 1.54) is 37.7 Å². The van der Waals surface area contributed by atoms with Gasteiger partial charge in [0.25, 0.3) is 0 Å². The summed E-state index contributed by atoms with van der Waals surface area (Å²) in [6.07, 6.45) is 9.41. The minimum atomic E-state index is -0.499. The molecule has 1 unspecified atom stereocenters. The van der Waals surface area contributed by atoms with Crippen LogP contribution in [0.3, 0.4) is 0 Å². The SMILES string of the molecule is CCCCCCCC1OC(C)(C)O[C@@H]1Cc1ccc(C=O)cc1. The number of hydrogen-bond donors (Lipinski definition) is 0. The molecule has 0 N–H and O–H groups in total. The molecule has 1 aromatic rings. The van der Waals surface area contributed by atoms with E-state index in [-0.39, 0.29) is 12.2 Å². The number of ether oxygens (including phenoxy) is 2. The van der Waals surface area contributed by atoms with Crippen LogP contribution in [-0.4, -0.2) is 24.3 Å². The lowest BCUT2D eigenvalue weighted by atomic mass is 9.99. The highest BCUT2D eigenvalue weighted by atomic mass is 16.7. The zero-order chi connectivity index (χ0) is 16.7. The van der Waals surface area contributed by atoms with Gasteiger partial charge in [0.05, 0.1) is 12.2 Å². The second kappa shape index (κ2) is 8.60. The van der Waals surface area contributed by atoms with E-state index in [1.54, 1.807) is 0 Å². The molecule has 0 aliphatic carbocycles. The molecule has 1 heterocycles. The topological polar surface area (TPSA) is 35.5 Å². The summed E-state index contributed by atoms with van der Waals surface area (Å²) >= 11 is 0. The Morgan fingerprint density at radius 3 is 2.30 bits per heavy atom. The molecule has 3 nitrogen and oxygen atoms in total. The van der Waals surface area contributed by atoms with Crippen molar-refractivity contribution in [2.24, 2.45) is 0 Å². The fourth-order valence-corrected chi connectivity index (χ4v) is 3.24. The van der Waals surface area contributed by atoms with Gasteiger partial charge in [-0.3, -0.25) is 4.79 Å². The molecule has 0 aromatic heterocycles. The third-order valence-corrected chi connectivity index (χ3v) is 4.43. The van der Waals surface area contributed by atoms with Gasteiger partial charge in [-0.25, -0.2) is 0 Å². The highest BCUT2D eigenvalue weighted by Gasteiger charge is 2.40. The van der Waals surface area contributed by atoms with Gasteiger partial charge in [0.15, 0.2) is 5.79 Å². The van der Waals surface area contributed by atoms with E-state index in [9.17, 15) is 4.79 Å². The molecule has 2 atom stereocenters. The first-order valence-electron chi connectivity index (χ1n) is 8.94. The summed E-state index contributed by atoms with van der Waals surface area (Å²) in [5.74, 6) is -0.499. The van der Waals surface area contributed by atoms with E-state index < -0.39 is 5.79 Å². The van der Waals surface area contributed by atoms with E-state index in [4.69, 9.17) is 9.47 Å². The van der Waals surface area contributed by atoms with Gasteiger partial charge in [0, 0.05) is 12.0 Å². The van der Waals surface area contributed by atoms with Crippen molar-refractivity contribution in [3.05, 3.63) is 35.4 Å². The molecule has 0 bridgehead atoms. The molecule has 1 fully saturated rings. The van der Waals surface area contributed by atoms with Gasteiger partial charge >= 0.3 is 0 Å². The first-order chi connectivity index (χ1) is 11.0. The lowest BCUT2D eigenvalue weighted by Crippen LogP contribution is -2.25. The molecule has 1 aliphatic heterocycles. The number of carbonyl (C=O) groups is 1.